The fraction of sp³-hybridized carbons (Fsp3) is 0.583. The van der Waals surface area contributed by atoms with Crippen LogP contribution in [-0.2, 0) is 4.79 Å². The summed E-state index contributed by atoms with van der Waals surface area (Å²) in [5.41, 5.74) is 1.69. The molecule has 6 nitrogen and oxygen atoms in total. The Morgan fingerprint density at radius 2 is 2.19 bits per heavy atom. The summed E-state index contributed by atoms with van der Waals surface area (Å²) in [5, 5.41) is 21.3. The number of carbonyl (C=O) groups is 1. The average Bonchev–Trinajstić information content (AvgIpc) is 2.77. The summed E-state index contributed by atoms with van der Waals surface area (Å²) in [5.74, 6) is 1.62. The lowest BCUT2D eigenvalue weighted by molar-refractivity contribution is -0.139. The highest BCUT2D eigenvalue weighted by molar-refractivity contribution is 7.98. The number of nitrogens with zero attached hydrogens (tertiary/aromatic N) is 2. The lowest BCUT2D eigenvalue weighted by atomic mass is 9.79. The molecule has 1 aromatic carbocycles. The molecule has 2 N–H and O–H groups in total. The second-order valence-electron chi connectivity index (χ2n) is 8.43. The van der Waals surface area contributed by atoms with Gasteiger partial charge in [-0.1, -0.05) is 0 Å². The van der Waals surface area contributed by atoms with Crippen LogP contribution in [0, 0.1) is 11.8 Å². The molecule has 1 saturated heterocycles. The van der Waals surface area contributed by atoms with Gasteiger partial charge in [-0.2, -0.15) is 11.8 Å². The number of aliphatic hydroxyl groups is 1. The molecule has 1 aliphatic rings. The van der Waals surface area contributed by atoms with Crippen molar-refractivity contribution in [3.8, 4) is 5.75 Å². The van der Waals surface area contributed by atoms with Crippen molar-refractivity contribution >= 4 is 28.6 Å². The topological polar surface area (TPSA) is 82.9 Å². The fourth-order valence-corrected chi connectivity index (χ4v) is 5.14. The minimum atomic E-state index is -0.728. The number of hydrogen-bond donors (Lipinski definition) is 2. The number of piperidine rings is 1. The van der Waals surface area contributed by atoms with Gasteiger partial charge in [-0.15, -0.1) is 0 Å². The third kappa shape index (κ3) is 6.57. The number of fused-ring (bicyclic) bond motifs is 1. The number of aliphatic carboxylic acids is 1. The Balaban J connectivity index is 1.65. The number of rotatable bonds is 11. The molecular formula is C24H34N2O4S. The van der Waals surface area contributed by atoms with Gasteiger partial charge in [-0.25, -0.2) is 0 Å². The van der Waals surface area contributed by atoms with E-state index >= 15 is 0 Å². The smallest absolute Gasteiger partial charge is 0.303 e. The zero-order valence-corrected chi connectivity index (χ0v) is 19.3. The molecule has 0 spiro atoms. The predicted octanol–water partition coefficient (Wildman–Crippen LogP) is 4.22. The first-order valence-corrected chi connectivity index (χ1v) is 12.4. The zero-order chi connectivity index (χ0) is 22.2. The first kappa shape index (κ1) is 23.8. The van der Waals surface area contributed by atoms with Crippen molar-refractivity contribution in [3.05, 3.63) is 36.0 Å². The van der Waals surface area contributed by atoms with Crippen molar-refractivity contribution in [1.82, 2.24) is 9.88 Å². The van der Waals surface area contributed by atoms with Crippen molar-refractivity contribution in [3.63, 3.8) is 0 Å². The summed E-state index contributed by atoms with van der Waals surface area (Å²) in [6, 6.07) is 7.56. The van der Waals surface area contributed by atoms with Crippen LogP contribution in [0.15, 0.2) is 30.5 Å². The number of hydrogen-bond acceptors (Lipinski definition) is 6. The molecule has 3 rings (SSSR count). The maximum absolute atomic E-state index is 11.5. The molecule has 0 aliphatic carbocycles. The minimum Gasteiger partial charge on any atom is -0.497 e. The Kier molecular flexibility index (Phi) is 8.99. The maximum atomic E-state index is 11.5. The number of carboxylic acid groups (broad SMARTS) is 1. The molecule has 0 saturated carbocycles. The molecule has 3 atom stereocenters. The van der Waals surface area contributed by atoms with Crippen molar-refractivity contribution < 1.29 is 19.7 Å². The summed E-state index contributed by atoms with van der Waals surface area (Å²) < 4.78 is 5.34. The summed E-state index contributed by atoms with van der Waals surface area (Å²) >= 11 is 1.85. The van der Waals surface area contributed by atoms with Crippen LogP contribution in [0.5, 0.6) is 5.75 Å². The van der Waals surface area contributed by atoms with Gasteiger partial charge in [0.25, 0.3) is 0 Å². The predicted molar refractivity (Wildman–Crippen MR) is 126 cm³/mol. The SMILES string of the molecule is COc1ccc2nccc([C@@H](O)CC[C@@H]3CCN(CCCSC)C[C@@H]3CC(=O)O)c2c1. The van der Waals surface area contributed by atoms with E-state index in [0.29, 0.717) is 12.3 Å². The van der Waals surface area contributed by atoms with E-state index in [1.54, 1.807) is 13.3 Å². The van der Waals surface area contributed by atoms with Gasteiger partial charge < -0.3 is 19.8 Å². The normalized spacial score (nSPS) is 20.6. The Morgan fingerprint density at radius 1 is 1.35 bits per heavy atom. The van der Waals surface area contributed by atoms with Gasteiger partial charge in [0.15, 0.2) is 0 Å². The van der Waals surface area contributed by atoms with Crippen molar-refractivity contribution in [2.45, 2.75) is 38.2 Å². The van der Waals surface area contributed by atoms with Gasteiger partial charge in [0.1, 0.15) is 5.75 Å². The summed E-state index contributed by atoms with van der Waals surface area (Å²) in [4.78, 5) is 18.3. The van der Waals surface area contributed by atoms with Crippen LogP contribution in [0.3, 0.4) is 0 Å². The Labute approximate surface area is 189 Å². The van der Waals surface area contributed by atoms with Gasteiger partial charge in [-0.3, -0.25) is 9.78 Å². The van der Waals surface area contributed by atoms with E-state index in [1.165, 1.54) is 0 Å². The highest BCUT2D eigenvalue weighted by Gasteiger charge is 2.31. The maximum Gasteiger partial charge on any atom is 0.303 e. The van der Waals surface area contributed by atoms with Crippen LogP contribution < -0.4 is 4.74 Å². The summed E-state index contributed by atoms with van der Waals surface area (Å²) in [7, 11) is 1.63. The van der Waals surface area contributed by atoms with Crippen LogP contribution in [0.1, 0.15) is 43.8 Å². The number of likely N-dealkylation sites (tertiary alicyclic amines) is 1. The molecule has 2 heterocycles. The molecule has 7 heteroatoms. The van der Waals surface area contributed by atoms with E-state index in [-0.39, 0.29) is 12.3 Å². The van der Waals surface area contributed by atoms with E-state index in [0.717, 1.165) is 66.9 Å². The van der Waals surface area contributed by atoms with E-state index in [9.17, 15) is 15.0 Å². The number of pyridine rings is 1. The van der Waals surface area contributed by atoms with Gasteiger partial charge in [0.05, 0.1) is 18.7 Å². The van der Waals surface area contributed by atoms with Crippen molar-refractivity contribution in [1.29, 1.82) is 0 Å². The van der Waals surface area contributed by atoms with E-state index < -0.39 is 12.1 Å². The lowest BCUT2D eigenvalue weighted by Gasteiger charge is -2.38. The Bertz CT molecular complexity index is 863. The second-order valence-corrected chi connectivity index (χ2v) is 9.42. The lowest BCUT2D eigenvalue weighted by Crippen LogP contribution is -2.42. The molecular weight excluding hydrogens is 412 g/mol. The Morgan fingerprint density at radius 3 is 2.94 bits per heavy atom. The third-order valence-electron chi connectivity index (χ3n) is 6.39. The van der Waals surface area contributed by atoms with Gasteiger partial charge in [0.2, 0.25) is 0 Å². The minimum absolute atomic E-state index is 0.141. The van der Waals surface area contributed by atoms with Crippen LogP contribution in [0.25, 0.3) is 10.9 Å². The molecule has 2 aromatic rings. The molecule has 0 unspecified atom stereocenters. The van der Waals surface area contributed by atoms with Crippen LogP contribution >= 0.6 is 11.8 Å². The summed E-state index contributed by atoms with van der Waals surface area (Å²) in [6.45, 7) is 2.90. The number of aliphatic hydroxyl groups excluding tert-OH is 1. The quantitative estimate of drug-likeness (QED) is 0.500. The molecule has 0 bridgehead atoms. The van der Waals surface area contributed by atoms with E-state index in [2.05, 4.69) is 16.1 Å². The van der Waals surface area contributed by atoms with E-state index in [4.69, 9.17) is 4.74 Å². The number of methoxy groups -OCH3 is 1. The molecule has 1 aromatic heterocycles. The first-order chi connectivity index (χ1) is 15.0. The van der Waals surface area contributed by atoms with Crippen molar-refractivity contribution in [2.75, 3.05) is 38.8 Å². The molecule has 31 heavy (non-hydrogen) atoms. The number of carboxylic acids is 1. The monoisotopic (exact) mass is 446 g/mol. The zero-order valence-electron chi connectivity index (χ0n) is 18.5. The van der Waals surface area contributed by atoms with Gasteiger partial charge in [-0.05, 0) is 92.4 Å². The largest absolute Gasteiger partial charge is 0.497 e. The Hall–Kier alpha value is -1.83. The molecule has 170 valence electrons. The van der Waals surface area contributed by atoms with Crippen LogP contribution in [-0.4, -0.2) is 64.8 Å². The van der Waals surface area contributed by atoms with Gasteiger partial charge >= 0.3 is 5.97 Å². The number of benzene rings is 1. The molecule has 0 amide bonds. The van der Waals surface area contributed by atoms with Crippen LogP contribution in [0.4, 0.5) is 0 Å². The summed E-state index contributed by atoms with van der Waals surface area (Å²) in [6.07, 6.45) is 7.02. The molecule has 1 aliphatic heterocycles. The van der Waals surface area contributed by atoms with Gasteiger partial charge in [0, 0.05) is 24.5 Å². The van der Waals surface area contributed by atoms with Crippen molar-refractivity contribution in [2.24, 2.45) is 11.8 Å². The highest BCUT2D eigenvalue weighted by atomic mass is 32.2. The standard InChI is InChI=1S/C24H34N2O4S/c1-30-19-5-6-22-21(15-19)20(8-10-25-22)23(27)7-4-17-9-12-26(11-3-13-31-2)16-18(17)14-24(28)29/h5-6,8,10,15,17-18,23,27H,3-4,7,9,11-14,16H2,1-2H3,(H,28,29)/t17-,18+,23+/m1/s1. The molecule has 0 radical (unpaired) electrons. The third-order valence-corrected chi connectivity index (χ3v) is 7.08. The second kappa shape index (κ2) is 11.7. The fourth-order valence-electron chi connectivity index (χ4n) is 4.72. The average molecular weight is 447 g/mol. The molecule has 1 fully saturated rings. The highest BCUT2D eigenvalue weighted by Crippen LogP contribution is 2.34. The number of ether oxygens (including phenoxy) is 1. The number of aromatic nitrogens is 1. The van der Waals surface area contributed by atoms with E-state index in [1.807, 2.05) is 36.0 Å². The number of thioether (sulfide) groups is 1. The first-order valence-electron chi connectivity index (χ1n) is 11.1. The van der Waals surface area contributed by atoms with Crippen LogP contribution in [0.2, 0.25) is 0 Å².